The number of para-hydroxylation sites is 3. The van der Waals surface area contributed by atoms with Crippen LogP contribution in [-0.2, 0) is 11.3 Å². The molecule has 2 aromatic heterocycles. The number of hydrogen-bond donors (Lipinski definition) is 0. The van der Waals surface area contributed by atoms with E-state index in [4.69, 9.17) is 21.1 Å². The molecule has 0 spiro atoms. The van der Waals surface area contributed by atoms with Crippen molar-refractivity contribution < 1.29 is 14.3 Å². The molecule has 0 saturated heterocycles. The van der Waals surface area contributed by atoms with E-state index in [1.165, 1.54) is 11.3 Å². The van der Waals surface area contributed by atoms with Gasteiger partial charge in [-0.3, -0.25) is 14.7 Å². The molecule has 6 nitrogen and oxygen atoms in total. The smallest absolute Gasteiger partial charge is 0.274 e. The summed E-state index contributed by atoms with van der Waals surface area (Å²) in [6.07, 6.45) is 0.416. The number of anilines is 1. The number of halogens is 1. The van der Waals surface area contributed by atoms with Gasteiger partial charge in [-0.15, -0.1) is 0 Å². The van der Waals surface area contributed by atoms with E-state index in [2.05, 4.69) is 9.97 Å². The van der Waals surface area contributed by atoms with Gasteiger partial charge in [0.2, 0.25) is 6.10 Å². The molecule has 1 aliphatic heterocycles. The van der Waals surface area contributed by atoms with Crippen molar-refractivity contribution in [3.8, 4) is 11.5 Å². The third-order valence-electron chi connectivity index (χ3n) is 4.99. The monoisotopic (exact) mass is 451 g/mol. The van der Waals surface area contributed by atoms with Gasteiger partial charge < -0.3 is 9.47 Å². The van der Waals surface area contributed by atoms with Gasteiger partial charge in [-0.05, 0) is 43.3 Å². The van der Waals surface area contributed by atoms with Gasteiger partial charge in [0.1, 0.15) is 11.6 Å². The van der Waals surface area contributed by atoms with Crippen LogP contribution in [0.3, 0.4) is 0 Å². The number of rotatable bonds is 4. The molecule has 156 valence electrons. The Labute approximate surface area is 188 Å². The van der Waals surface area contributed by atoms with Gasteiger partial charge in [0.15, 0.2) is 16.6 Å². The van der Waals surface area contributed by atoms with Crippen molar-refractivity contribution in [2.75, 3.05) is 4.90 Å². The molecule has 8 heteroatoms. The van der Waals surface area contributed by atoms with Gasteiger partial charge in [-0.25, -0.2) is 4.98 Å². The van der Waals surface area contributed by atoms with Crippen LogP contribution in [0.25, 0.3) is 10.2 Å². The highest BCUT2D eigenvalue weighted by atomic mass is 35.5. The van der Waals surface area contributed by atoms with Crippen molar-refractivity contribution in [2.45, 2.75) is 25.7 Å². The number of fused-ring (bicyclic) bond motifs is 2. The maximum Gasteiger partial charge on any atom is 0.274 e. The van der Waals surface area contributed by atoms with Crippen LogP contribution in [0, 0.1) is 0 Å². The molecule has 0 fully saturated rings. The summed E-state index contributed by atoms with van der Waals surface area (Å²) in [5, 5.41) is 1.08. The molecule has 1 aliphatic rings. The average Bonchev–Trinajstić information content (AvgIpc) is 3.23. The first-order valence-corrected chi connectivity index (χ1v) is 11.0. The predicted octanol–water partition coefficient (Wildman–Crippen LogP) is 5.11. The van der Waals surface area contributed by atoms with E-state index in [9.17, 15) is 4.79 Å². The minimum absolute atomic E-state index is 0.247. The molecule has 2 atom stereocenters. The lowest BCUT2D eigenvalue weighted by Crippen LogP contribution is -2.50. The molecular weight excluding hydrogens is 434 g/mol. The van der Waals surface area contributed by atoms with Crippen molar-refractivity contribution in [2.24, 2.45) is 0 Å². The second kappa shape index (κ2) is 8.17. The van der Waals surface area contributed by atoms with Crippen LogP contribution in [0.1, 0.15) is 12.6 Å². The van der Waals surface area contributed by atoms with Gasteiger partial charge in [0.25, 0.3) is 5.91 Å². The minimum atomic E-state index is -0.818. The Balaban J connectivity index is 1.53. The van der Waals surface area contributed by atoms with Crippen LogP contribution in [0.2, 0.25) is 5.02 Å². The van der Waals surface area contributed by atoms with E-state index in [0.29, 0.717) is 27.2 Å². The van der Waals surface area contributed by atoms with Crippen molar-refractivity contribution >= 4 is 44.2 Å². The Hall–Kier alpha value is -3.16. The van der Waals surface area contributed by atoms with Crippen LogP contribution >= 0.6 is 22.9 Å². The molecule has 0 aliphatic carbocycles. The number of carbonyl (C=O) groups excluding carboxylic acids is 1. The summed E-state index contributed by atoms with van der Waals surface area (Å²) >= 11 is 7.73. The highest BCUT2D eigenvalue weighted by Gasteiger charge is 2.38. The highest BCUT2D eigenvalue weighted by Crippen LogP contribution is 2.37. The third-order valence-corrected chi connectivity index (χ3v) is 6.34. The molecule has 0 radical (unpaired) electrons. The van der Waals surface area contributed by atoms with Gasteiger partial charge in [0.05, 0.1) is 22.0 Å². The van der Waals surface area contributed by atoms with Gasteiger partial charge >= 0.3 is 0 Å². The van der Waals surface area contributed by atoms with Gasteiger partial charge in [-0.2, -0.15) is 0 Å². The summed E-state index contributed by atoms with van der Waals surface area (Å²) < 4.78 is 12.9. The summed E-state index contributed by atoms with van der Waals surface area (Å²) in [6, 6.07) is 18.5. The molecule has 4 aromatic rings. The normalized spacial score (nSPS) is 17.5. The molecule has 2 unspecified atom stereocenters. The van der Waals surface area contributed by atoms with Crippen molar-refractivity contribution in [3.63, 3.8) is 0 Å². The summed E-state index contributed by atoms with van der Waals surface area (Å²) in [6.45, 7) is 2.08. The summed E-state index contributed by atoms with van der Waals surface area (Å²) in [4.78, 5) is 24.4. The number of amides is 1. The van der Waals surface area contributed by atoms with Gasteiger partial charge in [0, 0.05) is 6.20 Å². The Bertz CT molecular complexity index is 1250. The number of ether oxygens (including phenoxy) is 2. The Kier molecular flexibility index (Phi) is 5.21. The zero-order valence-electron chi connectivity index (χ0n) is 16.6. The third kappa shape index (κ3) is 3.82. The Morgan fingerprint density at radius 1 is 1.06 bits per heavy atom. The van der Waals surface area contributed by atoms with Crippen LogP contribution < -0.4 is 14.4 Å². The SMILES string of the molecule is CC1Oc2ccccc2OC1C(=O)N(Cc1ccccn1)c1nc2c(Cl)cccc2s1. The van der Waals surface area contributed by atoms with Crippen LogP contribution in [0.5, 0.6) is 11.5 Å². The molecule has 5 rings (SSSR count). The number of pyridine rings is 1. The number of carbonyl (C=O) groups is 1. The lowest BCUT2D eigenvalue weighted by Gasteiger charge is -2.33. The van der Waals surface area contributed by atoms with Crippen LogP contribution in [0.15, 0.2) is 66.9 Å². The second-order valence-corrected chi connectivity index (χ2v) is 8.55. The van der Waals surface area contributed by atoms with E-state index in [0.717, 1.165) is 10.4 Å². The summed E-state index contributed by atoms with van der Waals surface area (Å²) in [7, 11) is 0. The topological polar surface area (TPSA) is 64.6 Å². The fraction of sp³-hybridized carbons (Fsp3) is 0.174. The zero-order valence-corrected chi connectivity index (χ0v) is 18.1. The van der Waals surface area contributed by atoms with Crippen molar-refractivity contribution in [1.29, 1.82) is 0 Å². The molecular formula is C23H18ClN3O3S. The fourth-order valence-corrected chi connectivity index (χ4v) is 4.73. The molecule has 2 aromatic carbocycles. The van der Waals surface area contributed by atoms with E-state index >= 15 is 0 Å². The molecule has 0 N–H and O–H groups in total. The van der Waals surface area contributed by atoms with Gasteiger partial charge in [-0.1, -0.05) is 47.2 Å². The van der Waals surface area contributed by atoms with Crippen molar-refractivity contribution in [3.05, 3.63) is 77.6 Å². The van der Waals surface area contributed by atoms with Crippen LogP contribution in [-0.4, -0.2) is 28.1 Å². The molecule has 3 heterocycles. The van der Waals surface area contributed by atoms with Crippen molar-refractivity contribution in [1.82, 2.24) is 9.97 Å². The molecule has 1 amide bonds. The van der Waals surface area contributed by atoms with E-state index in [1.807, 2.05) is 55.5 Å². The maximum absolute atomic E-state index is 13.7. The summed E-state index contributed by atoms with van der Waals surface area (Å²) in [5.41, 5.74) is 1.41. The van der Waals surface area contributed by atoms with Crippen LogP contribution in [0.4, 0.5) is 5.13 Å². The lowest BCUT2D eigenvalue weighted by atomic mass is 10.1. The maximum atomic E-state index is 13.7. The number of nitrogens with zero attached hydrogens (tertiary/aromatic N) is 3. The number of benzene rings is 2. The average molecular weight is 452 g/mol. The predicted molar refractivity (Wildman–Crippen MR) is 121 cm³/mol. The number of thiazole rings is 1. The first kappa shape index (κ1) is 19.8. The Morgan fingerprint density at radius 2 is 1.84 bits per heavy atom. The first-order chi connectivity index (χ1) is 15.1. The molecule has 31 heavy (non-hydrogen) atoms. The fourth-order valence-electron chi connectivity index (χ4n) is 3.46. The molecule has 0 bridgehead atoms. The largest absolute Gasteiger partial charge is 0.482 e. The van der Waals surface area contributed by atoms with E-state index in [1.54, 1.807) is 23.2 Å². The standard InChI is InChI=1S/C23H18ClN3O3S/c1-14-21(30-18-10-3-2-9-17(18)29-14)22(28)27(13-15-7-4-5-12-25-15)23-26-20-16(24)8-6-11-19(20)31-23/h2-12,14,21H,13H2,1H3. The minimum Gasteiger partial charge on any atom is -0.482 e. The first-order valence-electron chi connectivity index (χ1n) is 9.79. The number of hydrogen-bond acceptors (Lipinski definition) is 6. The van der Waals surface area contributed by atoms with E-state index < -0.39 is 12.2 Å². The lowest BCUT2D eigenvalue weighted by molar-refractivity contribution is -0.130. The van der Waals surface area contributed by atoms with E-state index in [-0.39, 0.29) is 12.5 Å². The summed E-state index contributed by atoms with van der Waals surface area (Å²) in [5.74, 6) is 0.925. The number of aromatic nitrogens is 2. The highest BCUT2D eigenvalue weighted by molar-refractivity contribution is 7.22. The quantitative estimate of drug-likeness (QED) is 0.431. The molecule has 0 saturated carbocycles. The second-order valence-electron chi connectivity index (χ2n) is 7.14. The zero-order chi connectivity index (χ0) is 21.4. The Morgan fingerprint density at radius 3 is 2.58 bits per heavy atom.